The second kappa shape index (κ2) is 7.79. The highest BCUT2D eigenvalue weighted by molar-refractivity contribution is 5.97. The summed E-state index contributed by atoms with van der Waals surface area (Å²) in [6.07, 6.45) is 2.89. The van der Waals surface area contributed by atoms with Crippen LogP contribution in [0.15, 0.2) is 53.5 Å². The maximum atomic E-state index is 12.8. The van der Waals surface area contributed by atoms with Gasteiger partial charge < -0.3 is 15.1 Å². The molecule has 0 spiro atoms. The minimum atomic E-state index is -0.426. The van der Waals surface area contributed by atoms with Gasteiger partial charge in [-0.3, -0.25) is 9.47 Å². The fourth-order valence-corrected chi connectivity index (χ4v) is 3.34. The number of carbonyl (C=O) groups excluding carboxylic acids is 1. The second-order valence-corrected chi connectivity index (χ2v) is 6.70. The van der Waals surface area contributed by atoms with Gasteiger partial charge in [0.05, 0.1) is 28.7 Å². The highest BCUT2D eigenvalue weighted by atomic mass is 16.5. The molecule has 7 nitrogen and oxygen atoms in total. The predicted octanol–water partition coefficient (Wildman–Crippen LogP) is 3.68. The van der Waals surface area contributed by atoms with Crippen LogP contribution in [0.25, 0.3) is 33.2 Å². The van der Waals surface area contributed by atoms with E-state index in [1.54, 1.807) is 25.1 Å². The van der Waals surface area contributed by atoms with Gasteiger partial charge in [-0.25, -0.2) is 9.78 Å². The van der Waals surface area contributed by atoms with Crippen LogP contribution in [0.3, 0.4) is 0 Å². The van der Waals surface area contributed by atoms with E-state index < -0.39 is 5.97 Å². The number of ether oxygens (including phenoxy) is 1. The smallest absolute Gasteiger partial charge is 0.338 e. The lowest BCUT2D eigenvalue weighted by molar-refractivity contribution is 0.0526. The molecular formula is C22H22N4O3. The largest absolute Gasteiger partial charge is 0.462 e. The minimum absolute atomic E-state index is 0.292. The molecule has 29 heavy (non-hydrogen) atoms. The van der Waals surface area contributed by atoms with Crippen LogP contribution in [0.1, 0.15) is 30.6 Å². The Morgan fingerprint density at radius 1 is 1.21 bits per heavy atom. The molecule has 0 unspecified atom stereocenters. The molecule has 0 fully saturated rings. The van der Waals surface area contributed by atoms with Crippen LogP contribution in [0.4, 0.5) is 0 Å². The van der Waals surface area contributed by atoms with Gasteiger partial charge in [-0.15, -0.1) is 0 Å². The Hall–Kier alpha value is -3.61. The van der Waals surface area contributed by atoms with Gasteiger partial charge in [-0.1, -0.05) is 25.1 Å². The summed E-state index contributed by atoms with van der Waals surface area (Å²) in [5.74, 6) is -0.426. The number of nitrogens with one attached hydrogen (secondary N) is 2. The van der Waals surface area contributed by atoms with Crippen molar-refractivity contribution in [3.63, 3.8) is 0 Å². The van der Waals surface area contributed by atoms with Crippen LogP contribution < -0.4 is 11.0 Å². The van der Waals surface area contributed by atoms with Gasteiger partial charge in [0.2, 0.25) is 0 Å². The standard InChI is InChI=1S/C22H22N4O3/c1-3-11-23-26-13-16(15-7-5-6-8-19(15)26)20-21(27)25-18-12-14(22(28)29-4-2)9-10-17(18)24-20/h5-10,12-13,23H,3-4,11H2,1-2H3,(H,25,27). The number of nitrogens with zero attached hydrogens (tertiary/aromatic N) is 2. The molecule has 0 aliphatic carbocycles. The van der Waals surface area contributed by atoms with Gasteiger partial charge in [0.15, 0.2) is 0 Å². The Balaban J connectivity index is 1.84. The lowest BCUT2D eigenvalue weighted by atomic mass is 10.1. The van der Waals surface area contributed by atoms with E-state index in [1.165, 1.54) is 0 Å². The van der Waals surface area contributed by atoms with Crippen LogP contribution in [0, 0.1) is 0 Å². The Morgan fingerprint density at radius 2 is 2.03 bits per heavy atom. The van der Waals surface area contributed by atoms with Gasteiger partial charge in [0.25, 0.3) is 5.56 Å². The van der Waals surface area contributed by atoms with Crippen molar-refractivity contribution in [2.45, 2.75) is 20.3 Å². The number of aromatic amines is 1. The number of para-hydroxylation sites is 1. The van der Waals surface area contributed by atoms with Crippen molar-refractivity contribution in [2.24, 2.45) is 0 Å². The first-order chi connectivity index (χ1) is 14.1. The molecule has 7 heteroatoms. The summed E-state index contributed by atoms with van der Waals surface area (Å²) in [5.41, 5.74) is 6.59. The van der Waals surface area contributed by atoms with E-state index in [-0.39, 0.29) is 5.56 Å². The molecule has 0 radical (unpaired) electrons. The molecule has 0 saturated heterocycles. The van der Waals surface area contributed by atoms with Gasteiger partial charge in [-0.2, -0.15) is 0 Å². The Kier molecular flexibility index (Phi) is 5.03. The summed E-state index contributed by atoms with van der Waals surface area (Å²) in [7, 11) is 0. The van der Waals surface area contributed by atoms with Crippen LogP contribution in [0.5, 0.6) is 0 Å². The fraction of sp³-hybridized carbons (Fsp3) is 0.227. The van der Waals surface area contributed by atoms with Crippen LogP contribution in [0.2, 0.25) is 0 Å². The summed E-state index contributed by atoms with van der Waals surface area (Å²) in [6.45, 7) is 4.96. The average molecular weight is 390 g/mol. The van der Waals surface area contributed by atoms with E-state index in [0.29, 0.717) is 28.9 Å². The maximum Gasteiger partial charge on any atom is 0.338 e. The van der Waals surface area contributed by atoms with Crippen molar-refractivity contribution in [3.8, 4) is 11.3 Å². The highest BCUT2D eigenvalue weighted by Crippen LogP contribution is 2.28. The molecule has 2 aromatic carbocycles. The average Bonchev–Trinajstić information content (AvgIpc) is 3.10. The first kappa shape index (κ1) is 18.7. The van der Waals surface area contributed by atoms with Crippen molar-refractivity contribution in [2.75, 3.05) is 18.6 Å². The van der Waals surface area contributed by atoms with E-state index in [0.717, 1.165) is 29.4 Å². The van der Waals surface area contributed by atoms with E-state index in [4.69, 9.17) is 4.74 Å². The van der Waals surface area contributed by atoms with Gasteiger partial charge in [0.1, 0.15) is 5.69 Å². The first-order valence-electron chi connectivity index (χ1n) is 9.68. The topological polar surface area (TPSA) is 89.0 Å². The first-order valence-corrected chi connectivity index (χ1v) is 9.68. The number of hydrogen-bond donors (Lipinski definition) is 2. The van der Waals surface area contributed by atoms with Crippen LogP contribution in [-0.2, 0) is 4.74 Å². The lowest BCUT2D eigenvalue weighted by Gasteiger charge is -2.07. The summed E-state index contributed by atoms with van der Waals surface area (Å²) in [5, 5.41) is 0.941. The predicted molar refractivity (Wildman–Crippen MR) is 114 cm³/mol. The second-order valence-electron chi connectivity index (χ2n) is 6.70. The fourth-order valence-electron chi connectivity index (χ4n) is 3.34. The molecule has 2 N–H and O–H groups in total. The SMILES string of the molecule is CCCNn1cc(-c2nc3ccc(C(=O)OCC)cc3[nH]c2=O)c2ccccc21. The number of aromatic nitrogens is 3. The number of hydrogen-bond acceptors (Lipinski definition) is 5. The number of rotatable bonds is 6. The molecule has 0 amide bonds. The monoisotopic (exact) mass is 390 g/mol. The molecule has 0 bridgehead atoms. The number of fused-ring (bicyclic) bond motifs is 2. The van der Waals surface area contributed by atoms with E-state index >= 15 is 0 Å². The van der Waals surface area contributed by atoms with E-state index in [9.17, 15) is 9.59 Å². The molecule has 0 saturated carbocycles. The maximum absolute atomic E-state index is 12.8. The third-order valence-electron chi connectivity index (χ3n) is 4.70. The molecular weight excluding hydrogens is 368 g/mol. The van der Waals surface area contributed by atoms with Crippen LogP contribution >= 0.6 is 0 Å². The summed E-state index contributed by atoms with van der Waals surface area (Å²) in [6, 6.07) is 12.9. The molecule has 4 aromatic rings. The van der Waals surface area contributed by atoms with E-state index in [2.05, 4.69) is 22.3 Å². The number of H-pyrrole nitrogens is 1. The van der Waals surface area contributed by atoms with E-state index in [1.807, 2.05) is 35.1 Å². The van der Waals surface area contributed by atoms with Crippen LogP contribution in [-0.4, -0.2) is 33.8 Å². The molecule has 2 aromatic heterocycles. The zero-order valence-corrected chi connectivity index (χ0v) is 16.4. The quantitative estimate of drug-likeness (QED) is 0.490. The summed E-state index contributed by atoms with van der Waals surface area (Å²) >= 11 is 0. The molecule has 148 valence electrons. The summed E-state index contributed by atoms with van der Waals surface area (Å²) < 4.78 is 6.96. The van der Waals surface area contributed by atoms with Crippen molar-refractivity contribution < 1.29 is 9.53 Å². The third-order valence-corrected chi connectivity index (χ3v) is 4.70. The Bertz CT molecular complexity index is 1260. The minimum Gasteiger partial charge on any atom is -0.462 e. The number of benzene rings is 2. The highest BCUT2D eigenvalue weighted by Gasteiger charge is 2.16. The number of esters is 1. The van der Waals surface area contributed by atoms with Gasteiger partial charge in [0, 0.05) is 23.7 Å². The molecule has 4 rings (SSSR count). The zero-order valence-electron chi connectivity index (χ0n) is 16.4. The van der Waals surface area contributed by atoms with Crippen molar-refractivity contribution in [1.29, 1.82) is 0 Å². The summed E-state index contributed by atoms with van der Waals surface area (Å²) in [4.78, 5) is 32.3. The molecule has 0 aliphatic rings. The van der Waals surface area contributed by atoms with Crippen molar-refractivity contribution in [3.05, 3.63) is 64.6 Å². The number of carbonyl (C=O) groups is 1. The molecule has 0 atom stereocenters. The Morgan fingerprint density at radius 3 is 2.83 bits per heavy atom. The molecule has 0 aliphatic heterocycles. The zero-order chi connectivity index (χ0) is 20.4. The normalized spacial score (nSPS) is 11.1. The Labute approximate surface area is 167 Å². The third kappa shape index (κ3) is 3.47. The lowest BCUT2D eigenvalue weighted by Crippen LogP contribution is -2.14. The van der Waals surface area contributed by atoms with Gasteiger partial charge >= 0.3 is 5.97 Å². The molecule has 2 heterocycles. The van der Waals surface area contributed by atoms with Gasteiger partial charge in [-0.05, 0) is 37.6 Å². The van der Waals surface area contributed by atoms with Crippen molar-refractivity contribution >= 4 is 27.9 Å². The van der Waals surface area contributed by atoms with Crippen molar-refractivity contribution in [1.82, 2.24) is 14.6 Å².